The number of hydrogen-bond acceptors (Lipinski definition) is 3. The van der Waals surface area contributed by atoms with Gasteiger partial charge in [0.25, 0.3) is 11.6 Å². The van der Waals surface area contributed by atoms with Crippen LogP contribution in [-0.4, -0.2) is 22.2 Å². The smallest absolute Gasteiger partial charge is 0.283 e. The summed E-state index contributed by atoms with van der Waals surface area (Å²) in [5.74, 6) is -0.486. The first-order valence-corrected chi connectivity index (χ1v) is 6.07. The molecule has 92 valence electrons. The normalized spacial score (nSPS) is 11.9. The highest BCUT2D eigenvalue weighted by Crippen LogP contribution is 2.23. The van der Waals surface area contributed by atoms with Crippen molar-refractivity contribution >= 4 is 39.1 Å². The van der Waals surface area contributed by atoms with Gasteiger partial charge in [-0.1, -0.05) is 34.5 Å². The van der Waals surface area contributed by atoms with E-state index in [-0.39, 0.29) is 21.1 Å². The summed E-state index contributed by atoms with van der Waals surface area (Å²) in [4.78, 5) is 21.9. The van der Waals surface area contributed by atoms with Crippen molar-refractivity contribution in [2.24, 2.45) is 0 Å². The third-order valence-electron chi connectivity index (χ3n) is 1.94. The topological polar surface area (TPSA) is 72.2 Å². The molecule has 0 aliphatic rings. The fourth-order valence-corrected chi connectivity index (χ4v) is 1.50. The molecule has 0 saturated heterocycles. The standard InChI is InChI=1S/C10H10BrClN2O3/c1-6(11)5-13-10(15)8-3-2-7(12)4-9(8)14(16)17/h2-4,6H,5H2,1H3,(H,13,15). The van der Waals surface area contributed by atoms with Crippen LogP contribution in [-0.2, 0) is 0 Å². The van der Waals surface area contributed by atoms with Gasteiger partial charge in [-0.05, 0) is 12.1 Å². The van der Waals surface area contributed by atoms with Gasteiger partial charge in [0.2, 0.25) is 0 Å². The van der Waals surface area contributed by atoms with Crippen LogP contribution in [0.5, 0.6) is 0 Å². The zero-order chi connectivity index (χ0) is 13.0. The number of nitrogens with one attached hydrogen (secondary N) is 1. The number of carbonyl (C=O) groups excluding carboxylic acids is 1. The van der Waals surface area contributed by atoms with E-state index in [0.29, 0.717) is 6.54 Å². The number of halogens is 2. The zero-order valence-electron chi connectivity index (χ0n) is 8.94. The van der Waals surface area contributed by atoms with Gasteiger partial charge in [0.15, 0.2) is 0 Å². The molecule has 1 amide bonds. The van der Waals surface area contributed by atoms with E-state index in [0.717, 1.165) is 6.07 Å². The number of benzene rings is 1. The van der Waals surface area contributed by atoms with Crippen LogP contribution >= 0.6 is 27.5 Å². The maximum absolute atomic E-state index is 11.7. The summed E-state index contributed by atoms with van der Waals surface area (Å²) in [5, 5.41) is 13.6. The average molecular weight is 322 g/mol. The third kappa shape index (κ3) is 3.98. The summed E-state index contributed by atoms with van der Waals surface area (Å²) in [6.45, 7) is 2.25. The lowest BCUT2D eigenvalue weighted by molar-refractivity contribution is -0.385. The molecule has 0 radical (unpaired) electrons. The molecule has 1 atom stereocenters. The molecule has 1 rings (SSSR count). The molecule has 0 aliphatic heterocycles. The van der Waals surface area contributed by atoms with Crippen molar-refractivity contribution in [3.8, 4) is 0 Å². The second-order valence-corrected chi connectivity index (χ2v) is 5.41. The summed E-state index contributed by atoms with van der Waals surface area (Å²) in [5.41, 5.74) is -0.287. The number of nitro benzene ring substituents is 1. The van der Waals surface area contributed by atoms with Gasteiger partial charge in [-0.3, -0.25) is 14.9 Å². The van der Waals surface area contributed by atoms with E-state index in [1.54, 1.807) is 0 Å². The first-order valence-electron chi connectivity index (χ1n) is 4.78. The van der Waals surface area contributed by atoms with Crippen molar-refractivity contribution in [3.05, 3.63) is 38.9 Å². The van der Waals surface area contributed by atoms with Gasteiger partial charge in [-0.15, -0.1) is 0 Å². The average Bonchev–Trinajstić information content (AvgIpc) is 2.25. The van der Waals surface area contributed by atoms with Gasteiger partial charge in [-0.2, -0.15) is 0 Å². The maximum Gasteiger partial charge on any atom is 0.283 e. The Morgan fingerprint density at radius 2 is 2.29 bits per heavy atom. The molecule has 0 aliphatic carbocycles. The molecule has 0 bridgehead atoms. The maximum atomic E-state index is 11.7. The highest BCUT2D eigenvalue weighted by atomic mass is 79.9. The van der Waals surface area contributed by atoms with Crippen LogP contribution in [0.15, 0.2) is 18.2 Å². The molecule has 0 fully saturated rings. The molecule has 5 nitrogen and oxygen atoms in total. The van der Waals surface area contributed by atoms with Crippen molar-refractivity contribution in [2.75, 3.05) is 6.54 Å². The Labute approximate surface area is 111 Å². The molecule has 0 heterocycles. The molecule has 1 unspecified atom stereocenters. The van der Waals surface area contributed by atoms with Crippen LogP contribution in [0.25, 0.3) is 0 Å². The molecule has 1 N–H and O–H groups in total. The minimum atomic E-state index is -0.627. The van der Waals surface area contributed by atoms with E-state index in [1.165, 1.54) is 12.1 Å². The summed E-state index contributed by atoms with van der Waals surface area (Å²) in [6, 6.07) is 3.95. The predicted octanol–water partition coefficient (Wildman–Crippen LogP) is 2.76. The highest BCUT2D eigenvalue weighted by molar-refractivity contribution is 9.09. The lowest BCUT2D eigenvalue weighted by Gasteiger charge is -2.07. The van der Waals surface area contributed by atoms with Crippen molar-refractivity contribution in [3.63, 3.8) is 0 Å². The number of amides is 1. The summed E-state index contributed by atoms with van der Waals surface area (Å²) in [6.07, 6.45) is 0. The minimum absolute atomic E-state index is 0.00699. The van der Waals surface area contributed by atoms with E-state index < -0.39 is 10.8 Å². The summed E-state index contributed by atoms with van der Waals surface area (Å²) >= 11 is 8.91. The molecule has 0 aromatic heterocycles. The first-order chi connectivity index (χ1) is 7.91. The predicted molar refractivity (Wildman–Crippen MR) is 68.8 cm³/mol. The second-order valence-electron chi connectivity index (χ2n) is 3.41. The quantitative estimate of drug-likeness (QED) is 0.526. The van der Waals surface area contributed by atoms with Crippen molar-refractivity contribution in [2.45, 2.75) is 11.8 Å². The Morgan fingerprint density at radius 1 is 1.65 bits per heavy atom. The van der Waals surface area contributed by atoms with Crippen molar-refractivity contribution in [1.82, 2.24) is 5.32 Å². The SMILES string of the molecule is CC(Br)CNC(=O)c1ccc(Cl)cc1[N+](=O)[O-]. The Morgan fingerprint density at radius 3 is 2.82 bits per heavy atom. The number of alkyl halides is 1. The molecule has 0 spiro atoms. The van der Waals surface area contributed by atoms with Crippen molar-refractivity contribution in [1.29, 1.82) is 0 Å². The van der Waals surface area contributed by atoms with Crippen molar-refractivity contribution < 1.29 is 9.72 Å². The Balaban J connectivity index is 2.96. The largest absolute Gasteiger partial charge is 0.351 e. The molecule has 1 aromatic rings. The molecule has 17 heavy (non-hydrogen) atoms. The number of nitrogens with zero attached hydrogens (tertiary/aromatic N) is 1. The van der Waals surface area contributed by atoms with Crippen LogP contribution in [0.4, 0.5) is 5.69 Å². The minimum Gasteiger partial charge on any atom is -0.351 e. The summed E-state index contributed by atoms with van der Waals surface area (Å²) in [7, 11) is 0. The number of nitro groups is 1. The highest BCUT2D eigenvalue weighted by Gasteiger charge is 2.20. The van der Waals surface area contributed by atoms with Gasteiger partial charge in [0, 0.05) is 22.5 Å². The monoisotopic (exact) mass is 320 g/mol. The van der Waals surface area contributed by atoms with Gasteiger partial charge >= 0.3 is 0 Å². The second kappa shape index (κ2) is 5.97. The van der Waals surface area contributed by atoms with Gasteiger partial charge in [-0.25, -0.2) is 0 Å². The van der Waals surface area contributed by atoms with Crippen LogP contribution in [0.3, 0.4) is 0 Å². The zero-order valence-corrected chi connectivity index (χ0v) is 11.3. The molecule has 0 saturated carbocycles. The van der Waals surface area contributed by atoms with Gasteiger partial charge < -0.3 is 5.32 Å². The van der Waals surface area contributed by atoms with E-state index >= 15 is 0 Å². The molecular weight excluding hydrogens is 311 g/mol. The third-order valence-corrected chi connectivity index (χ3v) is 2.50. The number of carbonyl (C=O) groups is 1. The van der Waals surface area contributed by atoms with E-state index in [2.05, 4.69) is 21.2 Å². The van der Waals surface area contributed by atoms with E-state index in [1.807, 2.05) is 6.92 Å². The van der Waals surface area contributed by atoms with Crippen LogP contribution in [0.2, 0.25) is 5.02 Å². The number of hydrogen-bond donors (Lipinski definition) is 1. The lowest BCUT2D eigenvalue weighted by Crippen LogP contribution is -2.28. The summed E-state index contributed by atoms with van der Waals surface area (Å²) < 4.78 is 0. The Hall–Kier alpha value is -1.14. The molecular formula is C10H10BrClN2O3. The Kier molecular flexibility index (Phi) is 4.89. The van der Waals surface area contributed by atoms with Gasteiger partial charge in [0.1, 0.15) is 5.56 Å². The lowest BCUT2D eigenvalue weighted by atomic mass is 10.1. The van der Waals surface area contributed by atoms with E-state index in [9.17, 15) is 14.9 Å². The fraction of sp³-hybridized carbons (Fsp3) is 0.300. The van der Waals surface area contributed by atoms with E-state index in [4.69, 9.17) is 11.6 Å². The van der Waals surface area contributed by atoms with Gasteiger partial charge in [0.05, 0.1) is 4.92 Å². The van der Waals surface area contributed by atoms with Crippen LogP contribution in [0.1, 0.15) is 17.3 Å². The van der Waals surface area contributed by atoms with Crippen LogP contribution in [0, 0.1) is 10.1 Å². The van der Waals surface area contributed by atoms with Crippen LogP contribution < -0.4 is 5.32 Å². The number of rotatable bonds is 4. The first kappa shape index (κ1) is 13.9. The molecule has 1 aromatic carbocycles. The fourth-order valence-electron chi connectivity index (χ4n) is 1.18. The molecule has 7 heteroatoms. The Bertz CT molecular complexity index is 451.